The lowest BCUT2D eigenvalue weighted by Crippen LogP contribution is -2.53. The highest BCUT2D eigenvalue weighted by Gasteiger charge is 2.30. The largest absolute Gasteiger partial charge is 0.378 e. The first-order valence-electron chi connectivity index (χ1n) is 7.17. The first-order chi connectivity index (χ1) is 10.0. The normalized spacial score (nSPS) is 25.3. The van der Waals surface area contributed by atoms with Crippen LogP contribution in [0.3, 0.4) is 0 Å². The Bertz CT molecular complexity index is 438. The lowest BCUT2D eigenvalue weighted by atomic mass is 9.86. The van der Waals surface area contributed by atoms with Gasteiger partial charge in [-0.05, 0) is 12.8 Å². The molecule has 2 fully saturated rings. The summed E-state index contributed by atoms with van der Waals surface area (Å²) in [5.41, 5.74) is 0. The van der Waals surface area contributed by atoms with Crippen molar-refractivity contribution in [1.29, 1.82) is 0 Å². The van der Waals surface area contributed by atoms with Gasteiger partial charge in [-0.15, -0.1) is 0 Å². The number of nitrogens with zero attached hydrogens (tertiary/aromatic N) is 1. The molecule has 3 amide bonds. The summed E-state index contributed by atoms with van der Waals surface area (Å²) in [7, 11) is 0. The van der Waals surface area contributed by atoms with Crippen molar-refractivity contribution in [2.24, 2.45) is 0 Å². The van der Waals surface area contributed by atoms with Gasteiger partial charge in [-0.25, -0.2) is 0 Å². The maximum atomic E-state index is 11.8. The monoisotopic (exact) mass is 295 g/mol. The molecule has 1 heterocycles. The second-order valence-corrected chi connectivity index (χ2v) is 5.35. The molecule has 1 saturated heterocycles. The third kappa shape index (κ3) is 4.86. The van der Waals surface area contributed by atoms with E-state index in [1.54, 1.807) is 4.90 Å². The highest BCUT2D eigenvalue weighted by molar-refractivity contribution is 5.96. The van der Waals surface area contributed by atoms with Crippen LogP contribution < -0.4 is 10.6 Å². The Labute approximate surface area is 123 Å². The molecule has 1 aliphatic heterocycles. The quantitative estimate of drug-likeness (QED) is 0.664. The van der Waals surface area contributed by atoms with Gasteiger partial charge >= 0.3 is 0 Å². The molecule has 0 unspecified atom stereocenters. The van der Waals surface area contributed by atoms with Crippen LogP contribution in [0, 0.1) is 0 Å². The van der Waals surface area contributed by atoms with Crippen molar-refractivity contribution in [3.8, 4) is 0 Å². The molecule has 2 aliphatic rings. The summed E-state index contributed by atoms with van der Waals surface area (Å²) in [5, 5.41) is 5.60. The van der Waals surface area contributed by atoms with Gasteiger partial charge in [-0.1, -0.05) is 0 Å². The smallest absolute Gasteiger partial charge is 0.246 e. The van der Waals surface area contributed by atoms with Crippen molar-refractivity contribution >= 4 is 17.7 Å². The molecular formula is C14H21N3O4. The lowest BCUT2D eigenvalue weighted by molar-refractivity contribution is -0.130. The van der Waals surface area contributed by atoms with Crippen LogP contribution in [0.15, 0.2) is 12.2 Å². The van der Waals surface area contributed by atoms with E-state index in [-0.39, 0.29) is 29.8 Å². The number of carbonyl (C=O) groups excluding carboxylic acids is 3. The number of carbonyl (C=O) groups is 3. The Morgan fingerprint density at radius 2 is 1.67 bits per heavy atom. The van der Waals surface area contributed by atoms with Crippen LogP contribution in [0.4, 0.5) is 0 Å². The van der Waals surface area contributed by atoms with E-state index in [0.717, 1.165) is 12.8 Å². The maximum absolute atomic E-state index is 11.8. The highest BCUT2D eigenvalue weighted by Crippen LogP contribution is 2.19. The molecule has 0 aromatic rings. The van der Waals surface area contributed by atoms with Crippen LogP contribution >= 0.6 is 0 Å². The standard InChI is InChI=1S/C14H21N3O4/c1-10(18)15-11-8-12(9-11)16-13(19)2-3-14(20)17-4-6-21-7-5-17/h2-3,11-12H,4-9H2,1H3,(H,15,18)(H,16,19)/b3-2+. The van der Waals surface area contributed by atoms with Gasteiger partial charge in [0, 0.05) is 44.2 Å². The van der Waals surface area contributed by atoms with E-state index in [4.69, 9.17) is 4.74 Å². The van der Waals surface area contributed by atoms with Gasteiger partial charge in [-0.2, -0.15) is 0 Å². The van der Waals surface area contributed by atoms with E-state index in [9.17, 15) is 14.4 Å². The number of hydrogen-bond donors (Lipinski definition) is 2. The van der Waals surface area contributed by atoms with E-state index < -0.39 is 0 Å². The number of amides is 3. The van der Waals surface area contributed by atoms with Gasteiger partial charge in [0.2, 0.25) is 17.7 Å². The van der Waals surface area contributed by atoms with Gasteiger partial charge in [0.25, 0.3) is 0 Å². The number of nitrogens with one attached hydrogen (secondary N) is 2. The van der Waals surface area contributed by atoms with Gasteiger partial charge in [0.1, 0.15) is 0 Å². The number of ether oxygens (including phenoxy) is 1. The SMILES string of the molecule is CC(=O)NC1CC(NC(=O)/C=C/C(=O)N2CCOCC2)C1. The van der Waals surface area contributed by atoms with Crippen LogP contribution in [0.1, 0.15) is 19.8 Å². The zero-order valence-corrected chi connectivity index (χ0v) is 12.1. The van der Waals surface area contributed by atoms with Crippen molar-refractivity contribution < 1.29 is 19.1 Å². The van der Waals surface area contributed by atoms with Crippen molar-refractivity contribution in [2.75, 3.05) is 26.3 Å². The van der Waals surface area contributed by atoms with Crippen molar-refractivity contribution in [3.63, 3.8) is 0 Å². The summed E-state index contributed by atoms with van der Waals surface area (Å²) in [6, 6.07) is 0.212. The van der Waals surface area contributed by atoms with Crippen LogP contribution in [0.5, 0.6) is 0 Å². The van der Waals surface area contributed by atoms with E-state index in [2.05, 4.69) is 10.6 Å². The van der Waals surface area contributed by atoms with Gasteiger partial charge in [-0.3, -0.25) is 14.4 Å². The molecule has 0 spiro atoms. The lowest BCUT2D eigenvalue weighted by Gasteiger charge is -2.35. The minimum atomic E-state index is -0.275. The second kappa shape index (κ2) is 7.21. The summed E-state index contributed by atoms with van der Waals surface area (Å²) < 4.78 is 5.16. The molecule has 1 saturated carbocycles. The summed E-state index contributed by atoms with van der Waals surface area (Å²) in [4.78, 5) is 36.0. The topological polar surface area (TPSA) is 87.7 Å². The third-order valence-electron chi connectivity index (χ3n) is 3.59. The van der Waals surface area contributed by atoms with Crippen molar-refractivity contribution in [2.45, 2.75) is 31.8 Å². The van der Waals surface area contributed by atoms with E-state index in [0.29, 0.717) is 26.3 Å². The average Bonchev–Trinajstić information content (AvgIpc) is 2.43. The zero-order chi connectivity index (χ0) is 15.2. The Morgan fingerprint density at radius 1 is 1.05 bits per heavy atom. The van der Waals surface area contributed by atoms with Crippen LogP contribution in [-0.2, 0) is 19.1 Å². The molecule has 2 N–H and O–H groups in total. The second-order valence-electron chi connectivity index (χ2n) is 5.35. The minimum Gasteiger partial charge on any atom is -0.378 e. The predicted octanol–water partition coefficient (Wildman–Crippen LogP) is -0.815. The summed E-state index contributed by atoms with van der Waals surface area (Å²) >= 11 is 0. The van der Waals surface area contributed by atoms with E-state index >= 15 is 0 Å². The molecule has 116 valence electrons. The van der Waals surface area contributed by atoms with E-state index in [1.807, 2.05) is 0 Å². The fourth-order valence-electron chi connectivity index (χ4n) is 2.43. The Balaban J connectivity index is 1.66. The van der Waals surface area contributed by atoms with Crippen LogP contribution in [0.2, 0.25) is 0 Å². The number of rotatable bonds is 4. The molecule has 21 heavy (non-hydrogen) atoms. The fraction of sp³-hybridized carbons (Fsp3) is 0.643. The number of hydrogen-bond acceptors (Lipinski definition) is 4. The summed E-state index contributed by atoms with van der Waals surface area (Å²) in [6.07, 6.45) is 4.03. The first-order valence-corrected chi connectivity index (χ1v) is 7.17. The molecule has 0 aromatic carbocycles. The Morgan fingerprint density at radius 3 is 2.29 bits per heavy atom. The van der Waals surface area contributed by atoms with Gasteiger partial charge in [0.15, 0.2) is 0 Å². The predicted molar refractivity (Wildman–Crippen MR) is 75.3 cm³/mol. The third-order valence-corrected chi connectivity index (χ3v) is 3.59. The molecule has 0 radical (unpaired) electrons. The Hall–Kier alpha value is -1.89. The Kier molecular flexibility index (Phi) is 5.32. The molecule has 0 aromatic heterocycles. The molecular weight excluding hydrogens is 274 g/mol. The maximum Gasteiger partial charge on any atom is 0.246 e. The van der Waals surface area contributed by atoms with Crippen molar-refractivity contribution in [3.05, 3.63) is 12.2 Å². The summed E-state index contributed by atoms with van der Waals surface area (Å²) in [6.45, 7) is 3.68. The van der Waals surface area contributed by atoms with Crippen molar-refractivity contribution in [1.82, 2.24) is 15.5 Å². The molecule has 2 rings (SSSR count). The zero-order valence-electron chi connectivity index (χ0n) is 12.1. The molecule has 0 atom stereocenters. The number of morpholine rings is 1. The molecule has 0 bridgehead atoms. The van der Waals surface area contributed by atoms with E-state index in [1.165, 1.54) is 19.1 Å². The fourth-order valence-corrected chi connectivity index (χ4v) is 2.43. The average molecular weight is 295 g/mol. The highest BCUT2D eigenvalue weighted by atomic mass is 16.5. The molecule has 7 nitrogen and oxygen atoms in total. The minimum absolute atomic E-state index is 0.0548. The van der Waals surface area contributed by atoms with Gasteiger partial charge < -0.3 is 20.3 Å². The van der Waals surface area contributed by atoms with Crippen LogP contribution in [0.25, 0.3) is 0 Å². The summed E-state index contributed by atoms with van der Waals surface area (Å²) in [5.74, 6) is -0.498. The molecule has 7 heteroatoms. The molecule has 1 aliphatic carbocycles. The van der Waals surface area contributed by atoms with Crippen LogP contribution in [-0.4, -0.2) is 61.0 Å². The van der Waals surface area contributed by atoms with Gasteiger partial charge in [0.05, 0.1) is 13.2 Å². The first kappa shape index (κ1) is 15.5.